The number of hydrogen-bond acceptors (Lipinski definition) is 0. The summed E-state index contributed by atoms with van der Waals surface area (Å²) in [4.78, 5) is 0. The lowest BCUT2D eigenvalue weighted by Gasteiger charge is -2.06. The largest absolute Gasteiger partial charge is 0.0835 e. The van der Waals surface area contributed by atoms with Crippen molar-refractivity contribution >= 4 is 11.1 Å². The number of rotatable bonds is 4. The molecule has 2 aromatic rings. The number of hydrogen-bond donors (Lipinski definition) is 0. The van der Waals surface area contributed by atoms with Crippen molar-refractivity contribution in [3.8, 4) is 0 Å². The monoisotopic (exact) mass is 248 g/mol. The summed E-state index contributed by atoms with van der Waals surface area (Å²) in [5.74, 6) is 0. The van der Waals surface area contributed by atoms with Gasteiger partial charge in [-0.25, -0.2) is 0 Å². The molecular weight excluding hydrogens is 228 g/mol. The molecule has 0 saturated heterocycles. The Kier molecular flexibility index (Phi) is 4.74. The van der Waals surface area contributed by atoms with Gasteiger partial charge in [-0.15, -0.1) is 0 Å². The average Bonchev–Trinajstić information content (AvgIpc) is 2.49. The van der Waals surface area contributed by atoms with Crippen molar-refractivity contribution in [2.75, 3.05) is 0 Å². The standard InChI is InChI=1S/C19H20/c1-3-17(19-12-8-5-9-13-19)15-14-16(2)18-10-6-4-7-11-18/h3-14H,15H2,1-2H3/b16-14-,17-3-. The van der Waals surface area contributed by atoms with Crippen LogP contribution in [0.1, 0.15) is 31.4 Å². The summed E-state index contributed by atoms with van der Waals surface area (Å²) < 4.78 is 0. The molecule has 0 heterocycles. The van der Waals surface area contributed by atoms with Crippen molar-refractivity contribution in [2.45, 2.75) is 20.3 Å². The zero-order valence-corrected chi connectivity index (χ0v) is 11.6. The van der Waals surface area contributed by atoms with E-state index < -0.39 is 0 Å². The quantitative estimate of drug-likeness (QED) is 0.662. The molecule has 19 heavy (non-hydrogen) atoms. The van der Waals surface area contributed by atoms with Gasteiger partial charge < -0.3 is 0 Å². The van der Waals surface area contributed by atoms with E-state index in [-0.39, 0.29) is 0 Å². The summed E-state index contributed by atoms with van der Waals surface area (Å²) in [5, 5.41) is 0. The zero-order chi connectivity index (χ0) is 13.5. The van der Waals surface area contributed by atoms with Gasteiger partial charge in [0.15, 0.2) is 0 Å². The molecule has 0 unspecified atom stereocenters. The third-order valence-electron chi connectivity index (χ3n) is 3.35. The molecule has 0 aromatic heterocycles. The smallest absolute Gasteiger partial charge is 0.00888 e. The average molecular weight is 248 g/mol. The molecule has 0 N–H and O–H groups in total. The van der Waals surface area contributed by atoms with E-state index in [2.05, 4.69) is 86.7 Å². The third-order valence-corrected chi connectivity index (χ3v) is 3.35. The molecule has 2 rings (SSSR count). The maximum Gasteiger partial charge on any atom is -0.00888 e. The first-order chi connectivity index (χ1) is 9.31. The fraction of sp³-hybridized carbons (Fsp3) is 0.158. The van der Waals surface area contributed by atoms with Crippen LogP contribution in [0.3, 0.4) is 0 Å². The van der Waals surface area contributed by atoms with Crippen LogP contribution in [0.4, 0.5) is 0 Å². The first kappa shape index (κ1) is 13.4. The Bertz CT molecular complexity index is 560. The second kappa shape index (κ2) is 6.75. The molecule has 0 radical (unpaired) electrons. The molecule has 2 aromatic carbocycles. The molecule has 0 fully saturated rings. The molecular formula is C19H20. The van der Waals surface area contributed by atoms with Crippen molar-refractivity contribution in [3.63, 3.8) is 0 Å². The van der Waals surface area contributed by atoms with E-state index in [0.717, 1.165) is 6.42 Å². The molecule has 96 valence electrons. The van der Waals surface area contributed by atoms with Gasteiger partial charge >= 0.3 is 0 Å². The van der Waals surface area contributed by atoms with E-state index >= 15 is 0 Å². The van der Waals surface area contributed by atoms with E-state index in [9.17, 15) is 0 Å². The number of allylic oxidation sites excluding steroid dienone is 4. The van der Waals surface area contributed by atoms with E-state index in [4.69, 9.17) is 0 Å². The van der Waals surface area contributed by atoms with Crippen LogP contribution in [0.2, 0.25) is 0 Å². The lowest BCUT2D eigenvalue weighted by molar-refractivity contribution is 1.36. The van der Waals surface area contributed by atoms with Crippen LogP contribution in [0.15, 0.2) is 72.8 Å². The van der Waals surface area contributed by atoms with Gasteiger partial charge in [0, 0.05) is 0 Å². The first-order valence-corrected chi connectivity index (χ1v) is 6.74. The summed E-state index contributed by atoms with van der Waals surface area (Å²) >= 11 is 0. The molecule has 0 bridgehead atoms. The lowest BCUT2D eigenvalue weighted by atomic mass is 9.99. The van der Waals surface area contributed by atoms with Crippen molar-refractivity contribution < 1.29 is 0 Å². The van der Waals surface area contributed by atoms with Crippen molar-refractivity contribution in [1.29, 1.82) is 0 Å². The SMILES string of the molecule is C/C=C(/C/C=C(/C)c1ccccc1)c1ccccc1. The molecule has 0 nitrogen and oxygen atoms in total. The third kappa shape index (κ3) is 3.69. The molecule has 0 aliphatic rings. The maximum absolute atomic E-state index is 2.30. The van der Waals surface area contributed by atoms with Crippen LogP contribution in [0.25, 0.3) is 11.1 Å². The van der Waals surface area contributed by atoms with Gasteiger partial charge in [0.1, 0.15) is 0 Å². The molecule has 0 heteroatoms. The van der Waals surface area contributed by atoms with Crippen LogP contribution >= 0.6 is 0 Å². The Morgan fingerprint density at radius 2 is 1.37 bits per heavy atom. The summed E-state index contributed by atoms with van der Waals surface area (Å²) in [6, 6.07) is 21.1. The topological polar surface area (TPSA) is 0 Å². The Balaban J connectivity index is 2.13. The molecule has 0 atom stereocenters. The van der Waals surface area contributed by atoms with Crippen LogP contribution in [0, 0.1) is 0 Å². The van der Waals surface area contributed by atoms with Crippen molar-refractivity contribution in [1.82, 2.24) is 0 Å². The second-order valence-corrected chi connectivity index (χ2v) is 4.64. The Hall–Kier alpha value is -2.08. The molecule has 0 aliphatic carbocycles. The highest BCUT2D eigenvalue weighted by Gasteiger charge is 1.99. The van der Waals surface area contributed by atoms with Crippen LogP contribution in [0.5, 0.6) is 0 Å². The van der Waals surface area contributed by atoms with Gasteiger partial charge in [-0.1, -0.05) is 72.8 Å². The van der Waals surface area contributed by atoms with Gasteiger partial charge in [0.05, 0.1) is 0 Å². The normalized spacial score (nSPS) is 12.5. The summed E-state index contributed by atoms with van der Waals surface area (Å²) in [6.45, 7) is 4.28. The van der Waals surface area contributed by atoms with Crippen molar-refractivity contribution in [2.24, 2.45) is 0 Å². The molecule has 0 aliphatic heterocycles. The highest BCUT2D eigenvalue weighted by atomic mass is 14.0. The maximum atomic E-state index is 2.30. The first-order valence-electron chi connectivity index (χ1n) is 6.74. The Morgan fingerprint density at radius 1 is 0.842 bits per heavy atom. The molecule has 0 spiro atoms. The second-order valence-electron chi connectivity index (χ2n) is 4.64. The van der Waals surface area contributed by atoms with E-state index in [1.807, 2.05) is 0 Å². The summed E-state index contributed by atoms with van der Waals surface area (Å²) in [7, 11) is 0. The minimum atomic E-state index is 0.973. The zero-order valence-electron chi connectivity index (χ0n) is 11.6. The van der Waals surface area contributed by atoms with Crippen LogP contribution in [-0.2, 0) is 0 Å². The van der Waals surface area contributed by atoms with Gasteiger partial charge in [-0.2, -0.15) is 0 Å². The Morgan fingerprint density at radius 3 is 1.89 bits per heavy atom. The predicted molar refractivity (Wildman–Crippen MR) is 84.8 cm³/mol. The summed E-state index contributed by atoms with van der Waals surface area (Å²) in [6.07, 6.45) is 5.48. The van der Waals surface area contributed by atoms with Gasteiger partial charge in [-0.05, 0) is 42.5 Å². The summed E-state index contributed by atoms with van der Waals surface area (Å²) in [5.41, 5.74) is 5.31. The van der Waals surface area contributed by atoms with Gasteiger partial charge in [0.25, 0.3) is 0 Å². The highest BCUT2D eigenvalue weighted by molar-refractivity contribution is 5.70. The molecule has 0 saturated carbocycles. The number of benzene rings is 2. The van der Waals surface area contributed by atoms with Crippen LogP contribution in [-0.4, -0.2) is 0 Å². The fourth-order valence-electron chi connectivity index (χ4n) is 2.14. The minimum Gasteiger partial charge on any atom is -0.0835 e. The van der Waals surface area contributed by atoms with E-state index in [1.54, 1.807) is 0 Å². The predicted octanol–water partition coefficient (Wildman–Crippen LogP) is 5.58. The van der Waals surface area contributed by atoms with Crippen molar-refractivity contribution in [3.05, 3.63) is 83.9 Å². The van der Waals surface area contributed by atoms with E-state index in [1.165, 1.54) is 22.3 Å². The van der Waals surface area contributed by atoms with Gasteiger partial charge in [-0.3, -0.25) is 0 Å². The van der Waals surface area contributed by atoms with E-state index in [0.29, 0.717) is 0 Å². The minimum absolute atomic E-state index is 0.973. The van der Waals surface area contributed by atoms with Crippen LogP contribution < -0.4 is 0 Å². The lowest BCUT2D eigenvalue weighted by Crippen LogP contribution is -1.84. The Labute approximate surface area is 116 Å². The van der Waals surface area contributed by atoms with Gasteiger partial charge in [0.2, 0.25) is 0 Å². The highest BCUT2D eigenvalue weighted by Crippen LogP contribution is 2.21. The fourth-order valence-corrected chi connectivity index (χ4v) is 2.14. The molecule has 0 amide bonds.